The van der Waals surface area contributed by atoms with Gasteiger partial charge in [0.25, 0.3) is 0 Å². The first-order valence-corrected chi connectivity index (χ1v) is 8.28. The van der Waals surface area contributed by atoms with E-state index in [-0.39, 0.29) is 12.6 Å². The highest BCUT2D eigenvalue weighted by Crippen LogP contribution is 2.40. The molecule has 0 spiro atoms. The van der Waals surface area contributed by atoms with Gasteiger partial charge in [-0.25, -0.2) is 9.78 Å². The molecule has 0 saturated heterocycles. The minimum absolute atomic E-state index is 0.0215. The number of aliphatic hydroxyl groups excluding tert-OH is 1. The Kier molecular flexibility index (Phi) is 3.49. The van der Waals surface area contributed by atoms with Crippen LogP contribution >= 0.6 is 0 Å². The van der Waals surface area contributed by atoms with Crippen LogP contribution in [0.25, 0.3) is 11.1 Å². The summed E-state index contributed by atoms with van der Waals surface area (Å²) in [7, 11) is 0. The Balaban J connectivity index is 1.47. The molecule has 1 aromatic carbocycles. The maximum atomic E-state index is 12.2. The average Bonchev–Trinajstić information content (AvgIpc) is 3.14. The molecule has 2 amide bonds. The molecule has 3 N–H and O–H groups in total. The first-order valence-electron chi connectivity index (χ1n) is 8.28. The zero-order valence-corrected chi connectivity index (χ0v) is 13.0. The molecule has 23 heavy (non-hydrogen) atoms. The van der Waals surface area contributed by atoms with E-state index in [2.05, 4.69) is 15.6 Å². The van der Waals surface area contributed by atoms with Crippen molar-refractivity contribution in [2.45, 2.75) is 50.0 Å². The summed E-state index contributed by atoms with van der Waals surface area (Å²) < 4.78 is 5.77. The van der Waals surface area contributed by atoms with E-state index in [4.69, 9.17) is 4.42 Å². The topological polar surface area (TPSA) is 87.4 Å². The fraction of sp³-hybridized carbons (Fsp3) is 0.529. The number of rotatable bonds is 4. The molecule has 0 radical (unpaired) electrons. The molecule has 0 atom stereocenters. The van der Waals surface area contributed by atoms with Crippen LogP contribution in [-0.2, 0) is 0 Å². The third-order valence-electron chi connectivity index (χ3n) is 4.83. The molecule has 1 heterocycles. The van der Waals surface area contributed by atoms with Crippen LogP contribution in [-0.4, -0.2) is 28.3 Å². The van der Waals surface area contributed by atoms with Crippen molar-refractivity contribution in [2.24, 2.45) is 0 Å². The third-order valence-corrected chi connectivity index (χ3v) is 4.83. The van der Waals surface area contributed by atoms with Gasteiger partial charge in [-0.3, -0.25) is 0 Å². The van der Waals surface area contributed by atoms with Crippen LogP contribution in [0.4, 0.5) is 10.5 Å². The van der Waals surface area contributed by atoms with Crippen LogP contribution < -0.4 is 10.6 Å². The fourth-order valence-electron chi connectivity index (χ4n) is 3.30. The molecule has 1 aromatic heterocycles. The molecule has 2 saturated carbocycles. The second kappa shape index (κ2) is 5.53. The summed E-state index contributed by atoms with van der Waals surface area (Å²) in [5, 5.41) is 15.3. The monoisotopic (exact) mass is 315 g/mol. The van der Waals surface area contributed by atoms with E-state index in [9.17, 15) is 9.90 Å². The maximum Gasteiger partial charge on any atom is 0.319 e. The van der Waals surface area contributed by atoms with Crippen LogP contribution in [0.2, 0.25) is 0 Å². The molecule has 122 valence electrons. The third kappa shape index (κ3) is 2.91. The quantitative estimate of drug-likeness (QED) is 0.809. The largest absolute Gasteiger partial charge is 0.440 e. The smallest absolute Gasteiger partial charge is 0.319 e. The molecule has 2 aromatic rings. The number of nitrogens with one attached hydrogen (secondary N) is 2. The summed E-state index contributed by atoms with van der Waals surface area (Å²) in [4.78, 5) is 16.7. The van der Waals surface area contributed by atoms with Gasteiger partial charge in [-0.05, 0) is 37.8 Å². The van der Waals surface area contributed by atoms with Crippen LogP contribution in [0.15, 0.2) is 22.6 Å². The van der Waals surface area contributed by atoms with E-state index in [0.29, 0.717) is 17.2 Å². The van der Waals surface area contributed by atoms with Gasteiger partial charge in [0.05, 0.1) is 12.1 Å². The number of hydrogen-bond acceptors (Lipinski definition) is 4. The highest BCUT2D eigenvalue weighted by molar-refractivity contribution is 5.92. The van der Waals surface area contributed by atoms with E-state index < -0.39 is 5.54 Å². The molecular weight excluding hydrogens is 294 g/mol. The minimum Gasteiger partial charge on any atom is -0.440 e. The Morgan fingerprint density at radius 2 is 2.13 bits per heavy atom. The number of nitrogens with zero attached hydrogens (tertiary/aromatic N) is 1. The van der Waals surface area contributed by atoms with Gasteiger partial charge >= 0.3 is 6.03 Å². The number of fused-ring (bicyclic) bond motifs is 1. The number of urea groups is 1. The van der Waals surface area contributed by atoms with Crippen LogP contribution in [0.1, 0.15) is 50.3 Å². The van der Waals surface area contributed by atoms with Gasteiger partial charge in [0.15, 0.2) is 11.5 Å². The number of oxazole rings is 1. The lowest BCUT2D eigenvalue weighted by Crippen LogP contribution is -2.50. The Morgan fingerprint density at radius 1 is 1.35 bits per heavy atom. The van der Waals surface area contributed by atoms with Crippen molar-refractivity contribution in [3.63, 3.8) is 0 Å². The number of carbonyl (C=O) groups excluding carboxylic acids is 1. The summed E-state index contributed by atoms with van der Waals surface area (Å²) in [5.74, 6) is 1.26. The van der Waals surface area contributed by atoms with Crippen molar-refractivity contribution in [3.8, 4) is 0 Å². The molecule has 0 bridgehead atoms. The molecular formula is C17H21N3O3. The lowest BCUT2D eigenvalue weighted by Gasteiger charge is -2.27. The van der Waals surface area contributed by atoms with Crippen LogP contribution in [0.3, 0.4) is 0 Å². The van der Waals surface area contributed by atoms with Crippen molar-refractivity contribution >= 4 is 22.8 Å². The first kappa shape index (κ1) is 14.5. The van der Waals surface area contributed by atoms with Gasteiger partial charge < -0.3 is 20.2 Å². The number of anilines is 1. The average molecular weight is 315 g/mol. The second-order valence-electron chi connectivity index (χ2n) is 6.73. The fourth-order valence-corrected chi connectivity index (χ4v) is 3.30. The Morgan fingerprint density at radius 3 is 2.83 bits per heavy atom. The van der Waals surface area contributed by atoms with Crippen molar-refractivity contribution in [2.75, 3.05) is 11.9 Å². The molecule has 0 aliphatic heterocycles. The van der Waals surface area contributed by atoms with Gasteiger partial charge in [0, 0.05) is 17.7 Å². The predicted molar refractivity (Wildman–Crippen MR) is 86.4 cm³/mol. The van der Waals surface area contributed by atoms with Gasteiger partial charge in [0.2, 0.25) is 0 Å². The highest BCUT2D eigenvalue weighted by atomic mass is 16.3. The maximum absolute atomic E-state index is 12.2. The van der Waals surface area contributed by atoms with Crippen molar-refractivity contribution in [1.29, 1.82) is 0 Å². The lowest BCUT2D eigenvalue weighted by molar-refractivity contribution is 0.167. The van der Waals surface area contributed by atoms with Gasteiger partial charge in [-0.2, -0.15) is 0 Å². The van der Waals surface area contributed by atoms with E-state index in [1.165, 1.54) is 0 Å². The van der Waals surface area contributed by atoms with Gasteiger partial charge in [-0.1, -0.05) is 12.8 Å². The van der Waals surface area contributed by atoms with Crippen LogP contribution in [0.5, 0.6) is 0 Å². The van der Waals surface area contributed by atoms with E-state index >= 15 is 0 Å². The van der Waals surface area contributed by atoms with E-state index in [1.807, 2.05) is 12.1 Å². The van der Waals surface area contributed by atoms with Crippen molar-refractivity contribution < 1.29 is 14.3 Å². The molecule has 6 heteroatoms. The number of carbonyl (C=O) groups is 1. The summed E-state index contributed by atoms with van der Waals surface area (Å²) >= 11 is 0. The number of aliphatic hydroxyl groups is 1. The molecule has 2 fully saturated rings. The normalized spacial score (nSPS) is 19.9. The summed E-state index contributed by atoms with van der Waals surface area (Å²) in [5.41, 5.74) is 1.71. The molecule has 0 unspecified atom stereocenters. The first-order chi connectivity index (χ1) is 11.2. The van der Waals surface area contributed by atoms with E-state index in [1.54, 1.807) is 6.07 Å². The Labute approximate surface area is 134 Å². The minimum atomic E-state index is -0.473. The number of amides is 2. The molecule has 4 rings (SSSR count). The number of aromatic nitrogens is 1. The summed E-state index contributed by atoms with van der Waals surface area (Å²) in [6.07, 6.45) is 6.00. The lowest BCUT2D eigenvalue weighted by atomic mass is 9.99. The zero-order valence-electron chi connectivity index (χ0n) is 13.0. The van der Waals surface area contributed by atoms with Crippen molar-refractivity contribution in [3.05, 3.63) is 24.1 Å². The van der Waals surface area contributed by atoms with Gasteiger partial charge in [0.1, 0.15) is 5.52 Å². The zero-order chi connectivity index (χ0) is 15.9. The van der Waals surface area contributed by atoms with Crippen molar-refractivity contribution in [1.82, 2.24) is 10.3 Å². The molecule has 2 aliphatic rings. The molecule has 6 nitrogen and oxygen atoms in total. The standard InChI is InChI=1S/C17H21N3O3/c21-10-17(7-1-2-8-17)20-16(22)18-12-5-6-13-14(9-12)23-15(19-13)11-3-4-11/h5-6,9,11,21H,1-4,7-8,10H2,(H2,18,20,22). The number of hydrogen-bond donors (Lipinski definition) is 3. The van der Waals surface area contributed by atoms with E-state index in [0.717, 1.165) is 49.9 Å². The van der Waals surface area contributed by atoms with Gasteiger partial charge in [-0.15, -0.1) is 0 Å². The molecule has 2 aliphatic carbocycles. The Hall–Kier alpha value is -2.08. The Bertz CT molecular complexity index is 730. The van der Waals surface area contributed by atoms with Crippen LogP contribution in [0, 0.1) is 0 Å². The summed E-state index contributed by atoms with van der Waals surface area (Å²) in [6, 6.07) is 5.19. The highest BCUT2D eigenvalue weighted by Gasteiger charge is 2.34. The SMILES string of the molecule is O=C(Nc1ccc2nc(C3CC3)oc2c1)NC1(CO)CCCC1. The summed E-state index contributed by atoms with van der Waals surface area (Å²) in [6.45, 7) is -0.0215. The number of benzene rings is 1. The second-order valence-corrected chi connectivity index (χ2v) is 6.73. The predicted octanol–water partition coefficient (Wildman–Crippen LogP) is 3.13.